The third kappa shape index (κ3) is 3.00. The normalized spacial score (nSPS) is 24.2. The lowest BCUT2D eigenvalue weighted by Crippen LogP contribution is -2.44. The molecule has 0 unspecified atom stereocenters. The van der Waals surface area contributed by atoms with Gasteiger partial charge in [-0.25, -0.2) is 4.39 Å². The third-order valence-electron chi connectivity index (χ3n) is 4.19. The largest absolute Gasteiger partial charge is 0.385 e. The van der Waals surface area contributed by atoms with E-state index < -0.39 is 5.60 Å². The maximum Gasteiger partial charge on any atom is 0.126 e. The van der Waals surface area contributed by atoms with E-state index in [4.69, 9.17) is 0 Å². The Labute approximate surface area is 115 Å². The van der Waals surface area contributed by atoms with Crippen molar-refractivity contribution in [2.45, 2.75) is 59.5 Å². The Balaban J connectivity index is 2.43. The Morgan fingerprint density at radius 1 is 1.00 bits per heavy atom. The van der Waals surface area contributed by atoms with Gasteiger partial charge in [-0.2, -0.15) is 0 Å². The zero-order valence-corrected chi connectivity index (χ0v) is 12.7. The number of aliphatic hydroxyl groups is 1. The zero-order valence-electron chi connectivity index (χ0n) is 12.7. The monoisotopic (exact) mass is 264 g/mol. The Hall–Kier alpha value is -0.890. The summed E-state index contributed by atoms with van der Waals surface area (Å²) in [7, 11) is 0. The predicted octanol–water partition coefficient (Wildman–Crippen LogP) is 4.56. The van der Waals surface area contributed by atoms with Crippen LogP contribution in [0.5, 0.6) is 0 Å². The van der Waals surface area contributed by atoms with Crippen LogP contribution in [0, 0.1) is 23.6 Å². The van der Waals surface area contributed by atoms with Crippen molar-refractivity contribution in [2.24, 2.45) is 10.8 Å². The molecule has 1 aromatic rings. The summed E-state index contributed by atoms with van der Waals surface area (Å²) in [5.74, 6) is -0.207. The molecule has 1 saturated carbocycles. The van der Waals surface area contributed by atoms with Gasteiger partial charge in [0.1, 0.15) is 5.82 Å². The summed E-state index contributed by atoms with van der Waals surface area (Å²) >= 11 is 0. The molecule has 0 aliphatic heterocycles. The average molecular weight is 264 g/mol. The first-order valence-corrected chi connectivity index (χ1v) is 7.02. The highest BCUT2D eigenvalue weighted by atomic mass is 19.1. The molecule has 1 fully saturated rings. The molecule has 0 radical (unpaired) electrons. The lowest BCUT2D eigenvalue weighted by molar-refractivity contribution is -0.0913. The van der Waals surface area contributed by atoms with E-state index in [0.29, 0.717) is 5.56 Å². The fourth-order valence-corrected chi connectivity index (χ4v) is 4.20. The van der Waals surface area contributed by atoms with Crippen LogP contribution < -0.4 is 0 Å². The second-order valence-electron chi connectivity index (χ2n) is 7.85. The second-order valence-corrected chi connectivity index (χ2v) is 7.85. The summed E-state index contributed by atoms with van der Waals surface area (Å²) in [5.41, 5.74) is 0.806. The Kier molecular flexibility index (Phi) is 3.29. The quantitative estimate of drug-likeness (QED) is 0.788. The highest BCUT2D eigenvalue weighted by Gasteiger charge is 2.47. The molecule has 0 aromatic heterocycles. The van der Waals surface area contributed by atoms with Crippen molar-refractivity contribution in [3.05, 3.63) is 35.1 Å². The van der Waals surface area contributed by atoms with Crippen LogP contribution in [0.1, 0.15) is 58.1 Å². The first kappa shape index (κ1) is 14.5. The van der Waals surface area contributed by atoms with Gasteiger partial charge in [0.2, 0.25) is 0 Å². The number of aryl methyl sites for hydroxylation is 1. The highest BCUT2D eigenvalue weighted by molar-refractivity contribution is 5.30. The van der Waals surface area contributed by atoms with Gasteiger partial charge in [-0.05, 0) is 54.2 Å². The van der Waals surface area contributed by atoms with E-state index in [1.165, 1.54) is 6.07 Å². The summed E-state index contributed by atoms with van der Waals surface area (Å²) in [4.78, 5) is 0. The molecule has 0 heterocycles. The fraction of sp³-hybridized carbons (Fsp3) is 0.647. The predicted molar refractivity (Wildman–Crippen MR) is 76.4 cm³/mol. The van der Waals surface area contributed by atoms with Crippen molar-refractivity contribution in [3.63, 3.8) is 0 Å². The molecule has 2 rings (SSSR count). The van der Waals surface area contributed by atoms with E-state index in [1.54, 1.807) is 19.1 Å². The molecule has 1 aromatic carbocycles. The minimum atomic E-state index is -0.844. The molecular weight excluding hydrogens is 239 g/mol. The minimum absolute atomic E-state index is 0.0960. The van der Waals surface area contributed by atoms with Gasteiger partial charge in [0.25, 0.3) is 0 Å². The fourth-order valence-electron chi connectivity index (χ4n) is 4.20. The number of hydrogen-bond acceptors (Lipinski definition) is 1. The molecule has 2 heteroatoms. The van der Waals surface area contributed by atoms with Crippen molar-refractivity contribution < 1.29 is 9.50 Å². The van der Waals surface area contributed by atoms with Gasteiger partial charge in [0.05, 0.1) is 5.60 Å². The molecule has 0 saturated heterocycles. The molecule has 0 amide bonds. The highest BCUT2D eigenvalue weighted by Crippen LogP contribution is 2.53. The smallest absolute Gasteiger partial charge is 0.126 e. The van der Waals surface area contributed by atoms with Crippen LogP contribution in [-0.2, 0) is 5.60 Å². The lowest BCUT2D eigenvalue weighted by atomic mass is 9.58. The summed E-state index contributed by atoms with van der Waals surface area (Å²) in [6, 6.07) is 5.00. The number of halogens is 1. The van der Waals surface area contributed by atoms with E-state index in [0.717, 1.165) is 24.8 Å². The first-order valence-electron chi connectivity index (χ1n) is 7.02. The van der Waals surface area contributed by atoms with Gasteiger partial charge in [-0.1, -0.05) is 39.8 Å². The number of hydrogen-bond donors (Lipinski definition) is 1. The molecule has 1 N–H and O–H groups in total. The van der Waals surface area contributed by atoms with E-state index >= 15 is 0 Å². The van der Waals surface area contributed by atoms with E-state index in [9.17, 15) is 9.50 Å². The molecule has 0 bridgehead atoms. The molecule has 1 aliphatic rings. The van der Waals surface area contributed by atoms with Crippen LogP contribution in [0.15, 0.2) is 18.2 Å². The maximum absolute atomic E-state index is 13.4. The van der Waals surface area contributed by atoms with Crippen molar-refractivity contribution in [1.82, 2.24) is 0 Å². The van der Waals surface area contributed by atoms with Gasteiger partial charge >= 0.3 is 0 Å². The van der Waals surface area contributed by atoms with Crippen LogP contribution in [-0.4, -0.2) is 5.11 Å². The van der Waals surface area contributed by atoms with Crippen molar-refractivity contribution in [3.8, 4) is 0 Å². The summed E-state index contributed by atoms with van der Waals surface area (Å²) < 4.78 is 13.4. The second kappa shape index (κ2) is 4.31. The van der Waals surface area contributed by atoms with Crippen molar-refractivity contribution in [2.75, 3.05) is 0 Å². The number of rotatable bonds is 1. The Morgan fingerprint density at radius 3 is 2.00 bits per heavy atom. The molecule has 0 spiro atoms. The van der Waals surface area contributed by atoms with Crippen LogP contribution >= 0.6 is 0 Å². The number of benzene rings is 1. The maximum atomic E-state index is 13.4. The molecular formula is C17H25FO. The van der Waals surface area contributed by atoms with Gasteiger partial charge in [0, 0.05) is 0 Å². The summed E-state index contributed by atoms with van der Waals surface area (Å²) in [6.45, 7) is 10.6. The van der Waals surface area contributed by atoms with Gasteiger partial charge in [-0.15, -0.1) is 0 Å². The van der Waals surface area contributed by atoms with Gasteiger partial charge in [0.15, 0.2) is 0 Å². The van der Waals surface area contributed by atoms with Gasteiger partial charge < -0.3 is 5.11 Å². The Morgan fingerprint density at radius 2 is 1.53 bits per heavy atom. The van der Waals surface area contributed by atoms with E-state index in [2.05, 4.69) is 27.7 Å². The molecule has 106 valence electrons. The molecule has 0 atom stereocenters. The molecule has 19 heavy (non-hydrogen) atoms. The molecule has 1 aliphatic carbocycles. The Bertz CT molecular complexity index is 472. The van der Waals surface area contributed by atoms with Crippen LogP contribution in [0.3, 0.4) is 0 Å². The standard InChI is InChI=1S/C17H25FO/c1-12-8-13(6-7-14(12)18)17(19)10-15(2,3)9-16(4,5)11-17/h6-8,19H,9-11H2,1-5H3. The summed E-state index contributed by atoms with van der Waals surface area (Å²) in [5, 5.41) is 11.1. The zero-order chi connectivity index (χ0) is 14.5. The lowest BCUT2D eigenvalue weighted by Gasteiger charge is -2.49. The van der Waals surface area contributed by atoms with Crippen LogP contribution in [0.25, 0.3) is 0 Å². The van der Waals surface area contributed by atoms with Crippen LogP contribution in [0.2, 0.25) is 0 Å². The van der Waals surface area contributed by atoms with Crippen LogP contribution in [0.4, 0.5) is 4.39 Å². The van der Waals surface area contributed by atoms with Crippen molar-refractivity contribution >= 4 is 0 Å². The third-order valence-corrected chi connectivity index (χ3v) is 4.19. The average Bonchev–Trinajstić information content (AvgIpc) is 2.16. The summed E-state index contributed by atoms with van der Waals surface area (Å²) in [6.07, 6.45) is 2.56. The SMILES string of the molecule is Cc1cc(C2(O)CC(C)(C)CC(C)(C)C2)ccc1F. The minimum Gasteiger partial charge on any atom is -0.385 e. The first-order chi connectivity index (χ1) is 8.53. The van der Waals surface area contributed by atoms with Gasteiger partial charge in [-0.3, -0.25) is 0 Å². The van der Waals surface area contributed by atoms with E-state index in [-0.39, 0.29) is 16.6 Å². The van der Waals surface area contributed by atoms with Crippen molar-refractivity contribution in [1.29, 1.82) is 0 Å². The topological polar surface area (TPSA) is 20.2 Å². The molecule has 1 nitrogen and oxygen atoms in total. The van der Waals surface area contributed by atoms with E-state index in [1.807, 2.05) is 0 Å².